The molecule has 9 rings (SSSR count). The van der Waals surface area contributed by atoms with Gasteiger partial charge in [0.25, 0.3) is 5.91 Å². The van der Waals surface area contributed by atoms with Crippen molar-refractivity contribution < 1.29 is 35.9 Å². The summed E-state index contributed by atoms with van der Waals surface area (Å²) in [5.41, 5.74) is 5.18. The number of carbonyl (C=O) groups excluding carboxylic acids is 2. The van der Waals surface area contributed by atoms with E-state index < -0.39 is 31.1 Å². The molecule has 5 heterocycles. The zero-order valence-electron chi connectivity index (χ0n) is 36.7. The number of nitrogens with two attached hydrogens (primary N) is 2. The number of sulfonamides is 2. The molecule has 20 nitrogen and oxygen atoms in total. The highest BCUT2D eigenvalue weighted by molar-refractivity contribution is 7.89. The molecule has 2 fully saturated rings. The molecule has 2 aromatic carbocycles. The minimum Gasteiger partial charge on any atom is -0.467 e. The molecule has 6 aromatic rings. The van der Waals surface area contributed by atoms with Crippen LogP contribution < -0.4 is 26.3 Å². The normalized spacial score (nSPS) is 17.3. The predicted octanol–water partition coefficient (Wildman–Crippen LogP) is 5.70. The Kier molecular flexibility index (Phi) is 13.0. The molecule has 66 heavy (non-hydrogen) atoms. The van der Waals surface area contributed by atoms with Gasteiger partial charge in [-0.3, -0.25) is 4.79 Å². The number of amides is 1. The van der Waals surface area contributed by atoms with E-state index in [2.05, 4.69) is 31.1 Å². The molecule has 1 aliphatic heterocycles. The fraction of sp³-hybridized carbons (Fsp3) is 0.386. The minimum atomic E-state index is -3.79. The molecule has 4 aromatic heterocycles. The third kappa shape index (κ3) is 9.10. The minimum absolute atomic E-state index is 0.0140. The Morgan fingerprint density at radius 1 is 0.773 bits per heavy atom. The molecular formula is C44H52N12O8S2. The fourth-order valence-electron chi connectivity index (χ4n) is 9.28. The molecular weight excluding hydrogens is 889 g/mol. The largest absolute Gasteiger partial charge is 0.467 e. The molecule has 0 bridgehead atoms. The number of carbonyl (C=O) groups is 2. The van der Waals surface area contributed by atoms with Gasteiger partial charge in [-0.1, -0.05) is 38.5 Å². The van der Waals surface area contributed by atoms with E-state index in [9.17, 15) is 26.4 Å². The average molecular weight is 941 g/mol. The van der Waals surface area contributed by atoms with Crippen LogP contribution in [-0.4, -0.2) is 77.7 Å². The van der Waals surface area contributed by atoms with Crippen LogP contribution in [0.1, 0.15) is 95.5 Å². The summed E-state index contributed by atoms with van der Waals surface area (Å²) in [7, 11) is -6.13. The lowest BCUT2D eigenvalue weighted by Crippen LogP contribution is -2.48. The second-order valence-electron chi connectivity index (χ2n) is 16.6. The lowest BCUT2D eigenvalue weighted by molar-refractivity contribution is -0.153. The molecule has 1 unspecified atom stereocenters. The van der Waals surface area contributed by atoms with Gasteiger partial charge >= 0.3 is 5.97 Å². The molecule has 1 atom stereocenters. The van der Waals surface area contributed by atoms with Gasteiger partial charge in [0, 0.05) is 41.1 Å². The number of hydrazone groups is 1. The Morgan fingerprint density at radius 2 is 1.27 bits per heavy atom. The molecule has 1 spiro atoms. The van der Waals surface area contributed by atoms with Crippen LogP contribution in [0.3, 0.4) is 0 Å². The first kappa shape index (κ1) is 46.2. The van der Waals surface area contributed by atoms with Gasteiger partial charge in [-0.25, -0.2) is 47.3 Å². The Morgan fingerprint density at radius 3 is 1.77 bits per heavy atom. The highest BCUT2D eigenvalue weighted by atomic mass is 32.2. The number of anilines is 4. The van der Waals surface area contributed by atoms with Gasteiger partial charge < -0.3 is 29.2 Å². The highest BCUT2D eigenvalue weighted by Crippen LogP contribution is 2.43. The second kappa shape index (κ2) is 18.5. The van der Waals surface area contributed by atoms with E-state index in [0.29, 0.717) is 54.0 Å². The number of methoxy groups -OCH3 is 1. The fourth-order valence-corrected chi connectivity index (χ4v) is 10.3. The Hall–Kier alpha value is -6.33. The van der Waals surface area contributed by atoms with Crippen molar-refractivity contribution in [1.82, 2.24) is 34.5 Å². The van der Waals surface area contributed by atoms with Gasteiger partial charge in [-0.05, 0) is 100 Å². The summed E-state index contributed by atoms with van der Waals surface area (Å²) in [6.07, 6.45) is 13.4. The van der Waals surface area contributed by atoms with Crippen molar-refractivity contribution in [2.75, 3.05) is 24.4 Å². The number of aromatic nitrogens is 6. The maximum atomic E-state index is 13.3. The van der Waals surface area contributed by atoms with Crippen molar-refractivity contribution in [3.63, 3.8) is 0 Å². The zero-order chi connectivity index (χ0) is 46.9. The topological polar surface area (TPSA) is 283 Å². The van der Waals surface area contributed by atoms with Crippen molar-refractivity contribution in [2.24, 2.45) is 15.4 Å². The van der Waals surface area contributed by atoms with E-state index in [0.717, 1.165) is 73.5 Å². The number of hydrogen-bond donors (Lipinski definition) is 5. The number of hydrogen-bond acceptors (Lipinski definition) is 15. The number of rotatable bonds is 11. The summed E-state index contributed by atoms with van der Waals surface area (Å²) in [6, 6.07) is 15.9. The molecule has 2 aliphatic carbocycles. The third-order valence-electron chi connectivity index (χ3n) is 12.4. The standard InChI is InChI=1S/C24H31N5O5S.C20H21N7O3S/c1-4-34-16(2)20-14-17-15-26-23(27-18-8-10-19(11-9-18)35(25,31)32)28-21(17)29(20)24(22(30)33-3)12-6-5-7-13-24;21-31(29,30)16-6-4-14(5-7-16)24-19-22-11-13-10-15-12-23-26-18(28)20(8-2-1-3-9-20)27(15)17(13)25-19/h8-11,14-16H,4-7,12-13H2,1-3H3,(H2,25,31,32)(H,26,27,28);4-7,10-12H,1-3,8-9H2,(H,26,28)(H2,21,29,30)(H,22,24,25). The van der Waals surface area contributed by atoms with Gasteiger partial charge in [0.05, 0.1) is 40.6 Å². The van der Waals surface area contributed by atoms with E-state index in [1.165, 1.54) is 31.4 Å². The molecule has 22 heteroatoms. The Bertz CT molecular complexity index is 3030. The van der Waals surface area contributed by atoms with Crippen molar-refractivity contribution in [1.29, 1.82) is 0 Å². The van der Waals surface area contributed by atoms with Crippen LogP contribution in [-0.2, 0) is 50.2 Å². The number of ether oxygens (including phenoxy) is 2. The van der Waals surface area contributed by atoms with Gasteiger partial charge in [-0.2, -0.15) is 15.1 Å². The number of nitrogens with one attached hydrogen (secondary N) is 3. The quantitative estimate of drug-likeness (QED) is 0.0975. The van der Waals surface area contributed by atoms with Crippen molar-refractivity contribution >= 4 is 83.5 Å². The summed E-state index contributed by atoms with van der Waals surface area (Å²) in [6.45, 7) is 4.42. The summed E-state index contributed by atoms with van der Waals surface area (Å²) >= 11 is 0. The van der Waals surface area contributed by atoms with E-state index in [4.69, 9.17) is 29.7 Å². The van der Waals surface area contributed by atoms with Gasteiger partial charge in [0.15, 0.2) is 0 Å². The first-order valence-corrected chi connectivity index (χ1v) is 24.8. The number of primary sulfonamides is 2. The lowest BCUT2D eigenvalue weighted by Gasteiger charge is -2.38. The molecule has 7 N–H and O–H groups in total. The van der Waals surface area contributed by atoms with Crippen LogP contribution in [0.5, 0.6) is 0 Å². The van der Waals surface area contributed by atoms with E-state index in [1.807, 2.05) is 35.1 Å². The number of fused-ring (bicyclic) bond motifs is 5. The summed E-state index contributed by atoms with van der Waals surface area (Å²) in [5, 5.41) is 22.2. The van der Waals surface area contributed by atoms with E-state index in [-0.39, 0.29) is 27.8 Å². The number of benzene rings is 2. The number of nitrogens with zero attached hydrogens (tertiary/aromatic N) is 7. The molecule has 1 amide bonds. The average Bonchev–Trinajstić information content (AvgIpc) is 3.84. The maximum absolute atomic E-state index is 13.3. The molecule has 348 valence electrons. The van der Waals surface area contributed by atoms with Crippen LogP contribution in [0.25, 0.3) is 22.1 Å². The monoisotopic (exact) mass is 940 g/mol. The van der Waals surface area contributed by atoms with E-state index in [1.54, 1.807) is 42.9 Å². The zero-order valence-corrected chi connectivity index (χ0v) is 38.4. The van der Waals surface area contributed by atoms with Crippen molar-refractivity contribution in [3.8, 4) is 0 Å². The SMILES string of the molecule is CCOC(C)c1cc2cnc(Nc3ccc(S(N)(=O)=O)cc3)nc2n1C1(C(=O)OC)CCCCC1.NS(=O)(=O)c1ccc(Nc2ncc3cc4n(c3n2)C2(CCCCC2)C(=O)NN=C4)cc1. The van der Waals surface area contributed by atoms with Crippen molar-refractivity contribution in [3.05, 3.63) is 84.4 Å². The molecule has 0 radical (unpaired) electrons. The summed E-state index contributed by atoms with van der Waals surface area (Å²) < 4.78 is 61.2. The first-order chi connectivity index (χ1) is 31.6. The molecule has 0 saturated heterocycles. The van der Waals surface area contributed by atoms with Crippen LogP contribution >= 0.6 is 0 Å². The van der Waals surface area contributed by atoms with Crippen LogP contribution in [0.4, 0.5) is 23.3 Å². The van der Waals surface area contributed by atoms with Gasteiger partial charge in [0.1, 0.15) is 22.4 Å². The molecule has 2 saturated carbocycles. The second-order valence-corrected chi connectivity index (χ2v) is 19.7. The smallest absolute Gasteiger partial charge is 0.332 e. The first-order valence-electron chi connectivity index (χ1n) is 21.7. The lowest BCUT2D eigenvalue weighted by atomic mass is 9.80. The summed E-state index contributed by atoms with van der Waals surface area (Å²) in [4.78, 5) is 44.6. The van der Waals surface area contributed by atoms with Gasteiger partial charge in [0.2, 0.25) is 31.9 Å². The highest BCUT2D eigenvalue weighted by Gasteiger charge is 2.46. The van der Waals surface area contributed by atoms with Gasteiger partial charge in [-0.15, -0.1) is 0 Å². The Labute approximate surface area is 381 Å². The Balaban J connectivity index is 0.000000181. The van der Waals surface area contributed by atoms with E-state index >= 15 is 0 Å². The number of esters is 1. The van der Waals surface area contributed by atoms with Crippen LogP contribution in [0, 0.1) is 0 Å². The maximum Gasteiger partial charge on any atom is 0.332 e. The van der Waals surface area contributed by atoms with Crippen molar-refractivity contribution in [2.45, 2.75) is 105 Å². The van der Waals surface area contributed by atoms with Crippen LogP contribution in [0.15, 0.2) is 87.9 Å². The predicted molar refractivity (Wildman–Crippen MR) is 247 cm³/mol. The van der Waals surface area contributed by atoms with Crippen LogP contribution in [0.2, 0.25) is 0 Å². The third-order valence-corrected chi connectivity index (χ3v) is 14.3. The molecule has 3 aliphatic rings. The summed E-state index contributed by atoms with van der Waals surface area (Å²) in [5.74, 6) is 0.244.